The average Bonchev–Trinajstić information content (AvgIpc) is 2.75. The second-order valence-electron chi connectivity index (χ2n) is 6.98. The van der Waals surface area contributed by atoms with E-state index in [1.165, 1.54) is 10.5 Å². The molecule has 0 bridgehead atoms. The zero-order chi connectivity index (χ0) is 18.5. The highest BCUT2D eigenvalue weighted by molar-refractivity contribution is 5.94. The van der Waals surface area contributed by atoms with Crippen LogP contribution in [0.15, 0.2) is 79.0 Å². The van der Waals surface area contributed by atoms with Crippen LogP contribution in [0.2, 0.25) is 0 Å². The minimum absolute atomic E-state index is 0.131. The number of piperazine rings is 1. The fraction of sp³-hybridized carbons (Fsp3) is 0.217. The SMILES string of the molecule is O=C(c1ccc(-c2ccccc2)cc1)N1CC[NH+](Cc2ccccn2)CC1. The van der Waals surface area contributed by atoms with Gasteiger partial charge in [0, 0.05) is 11.8 Å². The number of benzene rings is 2. The summed E-state index contributed by atoms with van der Waals surface area (Å²) in [4.78, 5) is 20.7. The summed E-state index contributed by atoms with van der Waals surface area (Å²) in [6.07, 6.45) is 1.84. The summed E-state index contributed by atoms with van der Waals surface area (Å²) in [5, 5.41) is 0. The van der Waals surface area contributed by atoms with E-state index in [2.05, 4.69) is 23.2 Å². The number of nitrogens with zero attached hydrogens (tertiary/aromatic N) is 2. The quantitative estimate of drug-likeness (QED) is 0.777. The van der Waals surface area contributed by atoms with E-state index in [1.807, 2.05) is 65.7 Å². The number of quaternary nitrogens is 1. The smallest absolute Gasteiger partial charge is 0.254 e. The van der Waals surface area contributed by atoms with Crippen molar-refractivity contribution in [3.63, 3.8) is 0 Å². The standard InChI is InChI=1S/C23H23N3O/c27-23(21-11-9-20(10-12-21)19-6-2-1-3-7-19)26-16-14-25(15-17-26)18-22-8-4-5-13-24-22/h1-13H,14-18H2/p+1. The molecule has 0 radical (unpaired) electrons. The van der Waals surface area contributed by atoms with Crippen LogP contribution >= 0.6 is 0 Å². The average molecular weight is 358 g/mol. The van der Waals surface area contributed by atoms with Crippen molar-refractivity contribution in [2.24, 2.45) is 0 Å². The molecule has 4 nitrogen and oxygen atoms in total. The Morgan fingerprint density at radius 3 is 2.19 bits per heavy atom. The van der Waals surface area contributed by atoms with E-state index in [-0.39, 0.29) is 5.91 Å². The van der Waals surface area contributed by atoms with Gasteiger partial charge in [0.05, 0.1) is 31.9 Å². The lowest BCUT2D eigenvalue weighted by Crippen LogP contribution is -3.13. The highest BCUT2D eigenvalue weighted by Crippen LogP contribution is 2.19. The maximum Gasteiger partial charge on any atom is 0.254 e. The molecule has 1 N–H and O–H groups in total. The normalized spacial score (nSPS) is 14.9. The molecule has 0 spiro atoms. The van der Waals surface area contributed by atoms with Crippen molar-refractivity contribution >= 4 is 5.91 Å². The third kappa shape index (κ3) is 4.23. The van der Waals surface area contributed by atoms with Gasteiger partial charge in [-0.15, -0.1) is 0 Å². The highest BCUT2D eigenvalue weighted by atomic mass is 16.2. The lowest BCUT2D eigenvalue weighted by Gasteiger charge is -2.32. The Morgan fingerprint density at radius 1 is 0.852 bits per heavy atom. The number of carbonyl (C=O) groups is 1. The summed E-state index contributed by atoms with van der Waals surface area (Å²) in [5.74, 6) is 0.131. The third-order valence-corrected chi connectivity index (χ3v) is 5.15. The van der Waals surface area contributed by atoms with Gasteiger partial charge in [-0.25, -0.2) is 0 Å². The van der Waals surface area contributed by atoms with Crippen molar-refractivity contribution in [3.8, 4) is 11.1 Å². The Balaban J connectivity index is 1.35. The molecule has 1 aromatic heterocycles. The van der Waals surface area contributed by atoms with Crippen LogP contribution in [0.3, 0.4) is 0 Å². The number of hydrogen-bond donors (Lipinski definition) is 1. The summed E-state index contributed by atoms with van der Waals surface area (Å²) in [5.41, 5.74) is 4.19. The fourth-order valence-corrected chi connectivity index (χ4v) is 3.58. The molecule has 1 saturated heterocycles. The molecule has 4 rings (SSSR count). The predicted molar refractivity (Wildman–Crippen MR) is 106 cm³/mol. The minimum atomic E-state index is 0.131. The summed E-state index contributed by atoms with van der Waals surface area (Å²) < 4.78 is 0. The van der Waals surface area contributed by atoms with Gasteiger partial charge in [0.1, 0.15) is 6.54 Å². The van der Waals surface area contributed by atoms with Crippen molar-refractivity contribution in [3.05, 3.63) is 90.3 Å². The molecule has 0 atom stereocenters. The van der Waals surface area contributed by atoms with Crippen LogP contribution in [-0.4, -0.2) is 42.0 Å². The molecule has 1 aliphatic heterocycles. The van der Waals surface area contributed by atoms with Gasteiger partial charge in [-0.3, -0.25) is 9.78 Å². The molecule has 0 unspecified atom stereocenters. The largest absolute Gasteiger partial charge is 0.327 e. The first-order valence-corrected chi connectivity index (χ1v) is 9.48. The molecule has 136 valence electrons. The summed E-state index contributed by atoms with van der Waals surface area (Å²) in [6, 6.07) is 24.2. The van der Waals surface area contributed by atoms with Crippen LogP contribution in [0.1, 0.15) is 16.1 Å². The molecule has 2 aromatic carbocycles. The number of hydrogen-bond acceptors (Lipinski definition) is 2. The molecule has 1 amide bonds. The molecule has 2 heterocycles. The van der Waals surface area contributed by atoms with Crippen LogP contribution in [-0.2, 0) is 6.54 Å². The number of aromatic nitrogens is 1. The van der Waals surface area contributed by atoms with Crippen LogP contribution in [0.5, 0.6) is 0 Å². The minimum Gasteiger partial charge on any atom is -0.327 e. The molecular weight excluding hydrogens is 334 g/mol. The van der Waals surface area contributed by atoms with Crippen molar-refractivity contribution in [1.82, 2.24) is 9.88 Å². The Kier molecular flexibility index (Phi) is 5.26. The molecule has 27 heavy (non-hydrogen) atoms. The van der Waals surface area contributed by atoms with E-state index in [9.17, 15) is 4.79 Å². The number of nitrogens with one attached hydrogen (secondary N) is 1. The molecule has 1 aliphatic rings. The van der Waals surface area contributed by atoms with Gasteiger partial charge in [0.15, 0.2) is 0 Å². The van der Waals surface area contributed by atoms with Gasteiger partial charge in [0.25, 0.3) is 5.91 Å². The van der Waals surface area contributed by atoms with Gasteiger partial charge in [-0.1, -0.05) is 48.5 Å². The van der Waals surface area contributed by atoms with Gasteiger partial charge in [-0.05, 0) is 35.4 Å². The van der Waals surface area contributed by atoms with Crippen LogP contribution in [0.25, 0.3) is 11.1 Å². The molecule has 3 aromatic rings. The predicted octanol–water partition coefficient (Wildman–Crippen LogP) is 2.29. The summed E-state index contributed by atoms with van der Waals surface area (Å²) in [7, 11) is 0. The number of amides is 1. The lowest BCUT2D eigenvalue weighted by atomic mass is 10.0. The number of carbonyl (C=O) groups excluding carboxylic acids is 1. The second kappa shape index (κ2) is 8.14. The lowest BCUT2D eigenvalue weighted by molar-refractivity contribution is -0.917. The number of rotatable bonds is 4. The first kappa shape index (κ1) is 17.4. The van der Waals surface area contributed by atoms with Crippen molar-refractivity contribution < 1.29 is 9.69 Å². The summed E-state index contributed by atoms with van der Waals surface area (Å²) >= 11 is 0. The molecule has 1 fully saturated rings. The van der Waals surface area contributed by atoms with E-state index >= 15 is 0 Å². The van der Waals surface area contributed by atoms with Crippen molar-refractivity contribution in [1.29, 1.82) is 0 Å². The van der Waals surface area contributed by atoms with Crippen LogP contribution in [0.4, 0.5) is 0 Å². The molecule has 0 saturated carbocycles. The van der Waals surface area contributed by atoms with Crippen LogP contribution in [0, 0.1) is 0 Å². The van der Waals surface area contributed by atoms with E-state index in [0.29, 0.717) is 0 Å². The van der Waals surface area contributed by atoms with Crippen molar-refractivity contribution in [2.45, 2.75) is 6.54 Å². The van der Waals surface area contributed by atoms with Gasteiger partial charge < -0.3 is 9.80 Å². The van der Waals surface area contributed by atoms with E-state index in [4.69, 9.17) is 0 Å². The third-order valence-electron chi connectivity index (χ3n) is 5.15. The van der Waals surface area contributed by atoms with Crippen LogP contribution < -0.4 is 4.90 Å². The topological polar surface area (TPSA) is 37.6 Å². The Hall–Kier alpha value is -2.98. The highest BCUT2D eigenvalue weighted by Gasteiger charge is 2.24. The molecule has 0 aliphatic carbocycles. The van der Waals surface area contributed by atoms with E-state index in [0.717, 1.165) is 49.5 Å². The summed E-state index contributed by atoms with van der Waals surface area (Å²) in [6.45, 7) is 4.44. The van der Waals surface area contributed by atoms with Crippen molar-refractivity contribution in [2.75, 3.05) is 26.2 Å². The Labute approximate surface area is 160 Å². The van der Waals surface area contributed by atoms with Gasteiger partial charge in [0.2, 0.25) is 0 Å². The first-order valence-electron chi connectivity index (χ1n) is 9.48. The monoisotopic (exact) mass is 358 g/mol. The van der Waals surface area contributed by atoms with E-state index < -0.39 is 0 Å². The first-order chi connectivity index (χ1) is 13.3. The van der Waals surface area contributed by atoms with E-state index in [1.54, 1.807) is 0 Å². The van der Waals surface area contributed by atoms with Gasteiger partial charge >= 0.3 is 0 Å². The Morgan fingerprint density at radius 2 is 1.52 bits per heavy atom. The molecular formula is C23H24N3O+. The second-order valence-corrected chi connectivity index (χ2v) is 6.98. The molecule has 4 heteroatoms. The zero-order valence-corrected chi connectivity index (χ0v) is 15.3. The maximum absolute atomic E-state index is 12.8. The maximum atomic E-state index is 12.8. The van der Waals surface area contributed by atoms with Gasteiger partial charge in [-0.2, -0.15) is 0 Å². The Bertz CT molecular complexity index is 871. The fourth-order valence-electron chi connectivity index (χ4n) is 3.58. The number of pyridine rings is 1. The zero-order valence-electron chi connectivity index (χ0n) is 15.3.